The van der Waals surface area contributed by atoms with Crippen LogP contribution in [0.15, 0.2) is 4.21 Å². The molecule has 2 rings (SSSR count). The highest BCUT2D eigenvalue weighted by Gasteiger charge is 2.27. The van der Waals surface area contributed by atoms with E-state index in [1.165, 1.54) is 0 Å². The molecular weight excluding hydrogens is 296 g/mol. The SMILES string of the molecule is Cc1nc(C)c(S(=O)(=O)NC(=O)C2CCCCCC2)s1. The fourth-order valence-corrected chi connectivity index (χ4v) is 5.09. The first kappa shape index (κ1) is 15.4. The Bertz CT molecular complexity index is 585. The Balaban J connectivity index is 2.11. The van der Waals surface area contributed by atoms with Crippen molar-refractivity contribution in [1.29, 1.82) is 0 Å². The Kier molecular flexibility index (Phi) is 4.80. The van der Waals surface area contributed by atoms with Crippen LogP contribution in [0.5, 0.6) is 0 Å². The standard InChI is InChI=1S/C13H20N2O3S2/c1-9-13(19-10(2)14-9)20(17,18)15-12(16)11-7-5-3-4-6-8-11/h11H,3-8H2,1-2H3,(H,15,16). The number of carbonyl (C=O) groups excluding carboxylic acids is 1. The fraction of sp³-hybridized carbons (Fsp3) is 0.692. The summed E-state index contributed by atoms with van der Waals surface area (Å²) >= 11 is 1.10. The Labute approximate surface area is 123 Å². The number of nitrogens with one attached hydrogen (secondary N) is 1. The maximum Gasteiger partial charge on any atom is 0.275 e. The van der Waals surface area contributed by atoms with E-state index in [1.807, 2.05) is 0 Å². The Morgan fingerprint density at radius 3 is 2.30 bits per heavy atom. The van der Waals surface area contributed by atoms with Crippen molar-refractivity contribution in [2.24, 2.45) is 5.92 Å². The van der Waals surface area contributed by atoms with Gasteiger partial charge in [0.15, 0.2) is 4.21 Å². The Morgan fingerprint density at radius 2 is 1.80 bits per heavy atom. The van der Waals surface area contributed by atoms with Gasteiger partial charge in [0, 0.05) is 5.92 Å². The van der Waals surface area contributed by atoms with Gasteiger partial charge in [0.2, 0.25) is 5.91 Å². The molecule has 20 heavy (non-hydrogen) atoms. The second kappa shape index (κ2) is 6.22. The molecule has 0 radical (unpaired) electrons. The van der Waals surface area contributed by atoms with E-state index in [2.05, 4.69) is 9.71 Å². The largest absolute Gasteiger partial charge is 0.275 e. The molecule has 0 aromatic carbocycles. The number of aromatic nitrogens is 1. The highest BCUT2D eigenvalue weighted by atomic mass is 32.2. The lowest BCUT2D eigenvalue weighted by Gasteiger charge is -2.13. The number of carbonyl (C=O) groups is 1. The van der Waals surface area contributed by atoms with Crippen LogP contribution in [0.1, 0.15) is 49.2 Å². The van der Waals surface area contributed by atoms with Gasteiger partial charge >= 0.3 is 0 Å². The van der Waals surface area contributed by atoms with Gasteiger partial charge in [-0.1, -0.05) is 25.7 Å². The summed E-state index contributed by atoms with van der Waals surface area (Å²) in [5.74, 6) is -0.543. The molecule has 1 aromatic rings. The average molecular weight is 316 g/mol. The van der Waals surface area contributed by atoms with Gasteiger partial charge in [0.05, 0.1) is 10.7 Å². The summed E-state index contributed by atoms with van der Waals surface area (Å²) < 4.78 is 26.9. The molecule has 0 spiro atoms. The predicted molar refractivity (Wildman–Crippen MR) is 78.1 cm³/mol. The molecule has 1 fully saturated rings. The molecule has 1 aliphatic carbocycles. The zero-order valence-electron chi connectivity index (χ0n) is 11.8. The summed E-state index contributed by atoms with van der Waals surface area (Å²) in [5, 5.41) is 0.685. The van der Waals surface area contributed by atoms with E-state index in [4.69, 9.17) is 0 Å². The zero-order chi connectivity index (χ0) is 14.8. The molecule has 0 aliphatic heterocycles. The van der Waals surface area contributed by atoms with Gasteiger partial charge in [-0.2, -0.15) is 0 Å². The topological polar surface area (TPSA) is 76.1 Å². The maximum atomic E-state index is 12.2. The van der Waals surface area contributed by atoms with Crippen LogP contribution < -0.4 is 4.72 Å². The van der Waals surface area contributed by atoms with Crippen molar-refractivity contribution >= 4 is 27.3 Å². The summed E-state index contributed by atoms with van der Waals surface area (Å²) in [5.41, 5.74) is 0.452. The number of sulfonamides is 1. The van der Waals surface area contributed by atoms with Gasteiger partial charge < -0.3 is 0 Å². The highest BCUT2D eigenvalue weighted by molar-refractivity contribution is 7.92. The summed E-state index contributed by atoms with van der Waals surface area (Å²) in [6.07, 6.45) is 5.81. The molecule has 5 nitrogen and oxygen atoms in total. The number of amides is 1. The van der Waals surface area contributed by atoms with E-state index >= 15 is 0 Å². The summed E-state index contributed by atoms with van der Waals surface area (Å²) in [7, 11) is -3.77. The van der Waals surface area contributed by atoms with Crippen LogP contribution in [-0.4, -0.2) is 19.3 Å². The smallest absolute Gasteiger partial charge is 0.274 e. The minimum Gasteiger partial charge on any atom is -0.274 e. The van der Waals surface area contributed by atoms with E-state index in [-0.39, 0.29) is 16.0 Å². The second-order valence-electron chi connectivity index (χ2n) is 5.26. The van der Waals surface area contributed by atoms with E-state index < -0.39 is 10.0 Å². The van der Waals surface area contributed by atoms with E-state index in [9.17, 15) is 13.2 Å². The maximum absolute atomic E-state index is 12.2. The average Bonchev–Trinajstić information content (AvgIpc) is 2.59. The van der Waals surface area contributed by atoms with Gasteiger partial charge in [-0.05, 0) is 26.7 Å². The first-order valence-electron chi connectivity index (χ1n) is 6.91. The van der Waals surface area contributed by atoms with Crippen molar-refractivity contribution in [2.75, 3.05) is 0 Å². The van der Waals surface area contributed by atoms with E-state index in [1.54, 1.807) is 13.8 Å². The minimum absolute atomic E-state index is 0.150. The number of hydrogen-bond donors (Lipinski definition) is 1. The molecular formula is C13H20N2O3S2. The van der Waals surface area contributed by atoms with E-state index in [0.717, 1.165) is 49.9 Å². The van der Waals surface area contributed by atoms with Crippen LogP contribution in [0.4, 0.5) is 0 Å². The molecule has 0 saturated heterocycles. The summed E-state index contributed by atoms with van der Waals surface area (Å²) in [6.45, 7) is 3.40. The molecule has 1 heterocycles. The third-order valence-electron chi connectivity index (χ3n) is 3.57. The molecule has 0 bridgehead atoms. The summed E-state index contributed by atoms with van der Waals surface area (Å²) in [4.78, 5) is 16.3. The third kappa shape index (κ3) is 3.58. The molecule has 0 atom stereocenters. The lowest BCUT2D eigenvalue weighted by atomic mass is 10.0. The van der Waals surface area contributed by atoms with Gasteiger partial charge in [-0.15, -0.1) is 11.3 Å². The van der Waals surface area contributed by atoms with Crippen molar-refractivity contribution < 1.29 is 13.2 Å². The van der Waals surface area contributed by atoms with Crippen LogP contribution >= 0.6 is 11.3 Å². The fourth-order valence-electron chi connectivity index (χ4n) is 2.57. The molecule has 0 unspecified atom stereocenters. The highest BCUT2D eigenvalue weighted by Crippen LogP contribution is 2.25. The summed E-state index contributed by atoms with van der Waals surface area (Å²) in [6, 6.07) is 0. The molecule has 112 valence electrons. The van der Waals surface area contributed by atoms with Gasteiger partial charge in [-0.25, -0.2) is 18.1 Å². The molecule has 1 amide bonds. The third-order valence-corrected chi connectivity index (χ3v) is 6.60. The van der Waals surface area contributed by atoms with Crippen molar-refractivity contribution in [3.8, 4) is 0 Å². The molecule has 1 aromatic heterocycles. The van der Waals surface area contributed by atoms with Crippen LogP contribution in [0.3, 0.4) is 0 Å². The Morgan fingerprint density at radius 1 is 1.20 bits per heavy atom. The number of thiazole rings is 1. The normalized spacial score (nSPS) is 17.7. The lowest BCUT2D eigenvalue weighted by Crippen LogP contribution is -2.35. The van der Waals surface area contributed by atoms with Crippen molar-refractivity contribution in [3.63, 3.8) is 0 Å². The number of rotatable bonds is 3. The van der Waals surface area contributed by atoms with Gasteiger partial charge in [-0.3, -0.25) is 4.79 Å². The lowest BCUT2D eigenvalue weighted by molar-refractivity contribution is -0.123. The van der Waals surface area contributed by atoms with Crippen LogP contribution in [0, 0.1) is 19.8 Å². The molecule has 1 aliphatic rings. The van der Waals surface area contributed by atoms with Gasteiger partial charge in [0.1, 0.15) is 0 Å². The zero-order valence-corrected chi connectivity index (χ0v) is 13.4. The van der Waals surface area contributed by atoms with Crippen molar-refractivity contribution in [3.05, 3.63) is 10.7 Å². The number of hydrogen-bond acceptors (Lipinski definition) is 5. The first-order valence-corrected chi connectivity index (χ1v) is 9.21. The second-order valence-corrected chi connectivity index (χ2v) is 8.34. The molecule has 7 heteroatoms. The van der Waals surface area contributed by atoms with Crippen LogP contribution in [-0.2, 0) is 14.8 Å². The Hall–Kier alpha value is -0.950. The number of aryl methyl sites for hydroxylation is 2. The molecule has 1 saturated carbocycles. The quantitative estimate of drug-likeness (QED) is 0.869. The molecule has 1 N–H and O–H groups in total. The van der Waals surface area contributed by atoms with Crippen LogP contribution in [0.25, 0.3) is 0 Å². The monoisotopic (exact) mass is 316 g/mol. The van der Waals surface area contributed by atoms with Crippen LogP contribution in [0.2, 0.25) is 0 Å². The van der Waals surface area contributed by atoms with E-state index in [0.29, 0.717) is 10.7 Å². The first-order chi connectivity index (χ1) is 9.40. The predicted octanol–water partition coefficient (Wildman–Crippen LogP) is 2.54. The number of nitrogens with zero attached hydrogens (tertiary/aromatic N) is 1. The minimum atomic E-state index is -3.77. The van der Waals surface area contributed by atoms with Crippen molar-refractivity contribution in [2.45, 2.75) is 56.6 Å². The van der Waals surface area contributed by atoms with Crippen molar-refractivity contribution in [1.82, 2.24) is 9.71 Å². The van der Waals surface area contributed by atoms with Gasteiger partial charge in [0.25, 0.3) is 10.0 Å².